The first-order valence-corrected chi connectivity index (χ1v) is 18.8. The minimum Gasteiger partial charge on any atom is -0.467 e. The molecule has 15 heteroatoms. The van der Waals surface area contributed by atoms with E-state index in [0.29, 0.717) is 0 Å². The van der Waals surface area contributed by atoms with Gasteiger partial charge in [-0.15, -0.1) is 0 Å². The molecule has 0 saturated carbocycles. The van der Waals surface area contributed by atoms with Crippen molar-refractivity contribution in [3.63, 3.8) is 0 Å². The Balaban J connectivity index is 2.33. The van der Waals surface area contributed by atoms with Crippen LogP contribution in [0.5, 0.6) is 0 Å². The van der Waals surface area contributed by atoms with Gasteiger partial charge in [0.05, 0.1) is 18.1 Å². The molecule has 6 N–H and O–H groups in total. The Bertz CT molecular complexity index is 1620. The van der Waals surface area contributed by atoms with Crippen LogP contribution >= 0.6 is 12.2 Å². The smallest absolute Gasteiger partial charge is 0.408 e. The molecule has 0 fully saturated rings. The van der Waals surface area contributed by atoms with Crippen LogP contribution in [-0.4, -0.2) is 89.6 Å². The molecule has 5 amide bonds. The van der Waals surface area contributed by atoms with E-state index >= 15 is 0 Å². The number of rotatable bonds is 18. The number of benzene rings is 2. The maximum atomic E-state index is 14.1. The van der Waals surface area contributed by atoms with Gasteiger partial charge in [0.2, 0.25) is 23.6 Å². The Hall–Kier alpha value is -5.05. The molecule has 302 valence electrons. The molecule has 0 aliphatic heterocycles. The van der Waals surface area contributed by atoms with Crippen molar-refractivity contribution in [3.8, 4) is 0 Å². The van der Waals surface area contributed by atoms with Crippen molar-refractivity contribution in [2.24, 2.45) is 11.8 Å². The number of esters is 1. The number of hydrogen-bond acceptors (Lipinski definition) is 9. The first-order chi connectivity index (χ1) is 25.7. The molecule has 0 heterocycles. The van der Waals surface area contributed by atoms with Gasteiger partial charge in [0, 0.05) is 6.42 Å². The van der Waals surface area contributed by atoms with Gasteiger partial charge in [0.15, 0.2) is 0 Å². The summed E-state index contributed by atoms with van der Waals surface area (Å²) in [6.07, 6.45) is -0.352. The van der Waals surface area contributed by atoms with Gasteiger partial charge in [-0.2, -0.15) is 0 Å². The molecular weight excluding hydrogens is 725 g/mol. The summed E-state index contributed by atoms with van der Waals surface area (Å²) in [4.78, 5) is 78.7. The van der Waals surface area contributed by atoms with Gasteiger partial charge in [-0.1, -0.05) is 101 Å². The molecule has 0 unspecified atom stereocenters. The van der Waals surface area contributed by atoms with Crippen LogP contribution in [-0.2, 0) is 46.3 Å². The predicted molar refractivity (Wildman–Crippen MR) is 214 cm³/mol. The van der Waals surface area contributed by atoms with Gasteiger partial charge in [-0.25, -0.2) is 9.59 Å². The van der Waals surface area contributed by atoms with E-state index in [1.54, 1.807) is 48.5 Å². The summed E-state index contributed by atoms with van der Waals surface area (Å²) >= 11 is 5.87. The van der Waals surface area contributed by atoms with Crippen LogP contribution in [0.25, 0.3) is 0 Å². The third kappa shape index (κ3) is 16.1. The first kappa shape index (κ1) is 46.1. The predicted octanol–water partition coefficient (Wildman–Crippen LogP) is 3.11. The normalized spacial score (nSPS) is 14.5. The Kier molecular flexibility index (Phi) is 18.2. The summed E-state index contributed by atoms with van der Waals surface area (Å²) in [6.45, 7) is 15.2. The number of thiocarbonyl (C=S) groups is 1. The SMILES string of the molecule is COC(=O)[C@@H](NC(=O)[C@@H](NC(=O)[C@H](Cc1ccccc1)NC(=S)[C@H](Cc1ccccc1)NC(=O)[C@H](C)NC(=O)[C@H](C)NC(=O)OC(C)(C)C)C(C)C)C(C)C. The molecule has 0 aliphatic rings. The second kappa shape index (κ2) is 21.7. The summed E-state index contributed by atoms with van der Waals surface area (Å²) in [5.74, 6) is -3.47. The van der Waals surface area contributed by atoms with Gasteiger partial charge in [0.1, 0.15) is 35.8 Å². The van der Waals surface area contributed by atoms with Crippen LogP contribution in [0.2, 0.25) is 0 Å². The zero-order valence-electron chi connectivity index (χ0n) is 33.5. The highest BCUT2D eigenvalue weighted by Gasteiger charge is 2.34. The third-order valence-electron chi connectivity index (χ3n) is 8.38. The molecule has 0 aromatic heterocycles. The number of carbonyl (C=O) groups is 6. The van der Waals surface area contributed by atoms with E-state index in [9.17, 15) is 28.8 Å². The van der Waals surface area contributed by atoms with Gasteiger partial charge in [0.25, 0.3) is 0 Å². The van der Waals surface area contributed by atoms with E-state index < -0.39 is 77.5 Å². The van der Waals surface area contributed by atoms with Crippen molar-refractivity contribution in [1.29, 1.82) is 0 Å². The fraction of sp³-hybridized carbons (Fsp3) is 0.525. The number of ether oxygens (including phenoxy) is 2. The van der Waals surface area contributed by atoms with Crippen molar-refractivity contribution in [2.75, 3.05) is 7.11 Å². The van der Waals surface area contributed by atoms with Crippen LogP contribution in [0.15, 0.2) is 60.7 Å². The fourth-order valence-electron chi connectivity index (χ4n) is 5.30. The van der Waals surface area contributed by atoms with Crippen LogP contribution in [0, 0.1) is 11.8 Å². The molecule has 2 rings (SSSR count). The number of nitrogens with one attached hydrogen (secondary N) is 6. The zero-order chi connectivity index (χ0) is 41.5. The van der Waals surface area contributed by atoms with E-state index in [2.05, 4.69) is 31.9 Å². The van der Waals surface area contributed by atoms with Crippen LogP contribution in [0.1, 0.15) is 73.4 Å². The van der Waals surface area contributed by atoms with Gasteiger partial charge in [-0.05, 0) is 64.0 Å². The lowest BCUT2D eigenvalue weighted by molar-refractivity contribution is -0.146. The van der Waals surface area contributed by atoms with Crippen LogP contribution < -0.4 is 31.9 Å². The second-order valence-electron chi connectivity index (χ2n) is 15.1. The maximum absolute atomic E-state index is 14.1. The lowest BCUT2D eigenvalue weighted by Crippen LogP contribution is -2.60. The van der Waals surface area contributed by atoms with E-state index in [1.165, 1.54) is 21.0 Å². The Morgan fingerprint density at radius 2 is 1.04 bits per heavy atom. The lowest BCUT2D eigenvalue weighted by Gasteiger charge is -2.30. The monoisotopic (exact) mass is 782 g/mol. The zero-order valence-corrected chi connectivity index (χ0v) is 34.3. The molecule has 2 aromatic carbocycles. The summed E-state index contributed by atoms with van der Waals surface area (Å²) in [5.41, 5.74) is 0.889. The molecule has 55 heavy (non-hydrogen) atoms. The maximum Gasteiger partial charge on any atom is 0.408 e. The van der Waals surface area contributed by atoms with Gasteiger partial charge >= 0.3 is 12.1 Å². The highest BCUT2D eigenvalue weighted by Crippen LogP contribution is 2.12. The van der Waals surface area contributed by atoms with Gasteiger partial charge in [-0.3, -0.25) is 19.2 Å². The summed E-state index contributed by atoms with van der Waals surface area (Å²) < 4.78 is 10.1. The summed E-state index contributed by atoms with van der Waals surface area (Å²) in [7, 11) is 1.24. The molecule has 6 atom stereocenters. The van der Waals surface area contributed by atoms with Crippen LogP contribution in [0.3, 0.4) is 0 Å². The average Bonchev–Trinajstić information content (AvgIpc) is 3.11. The quantitative estimate of drug-likeness (QED) is 0.0968. The topological polar surface area (TPSA) is 193 Å². The minimum atomic E-state index is -1.04. The number of hydrogen-bond donors (Lipinski definition) is 6. The number of amides is 5. The molecule has 0 saturated heterocycles. The number of carbonyl (C=O) groups excluding carboxylic acids is 6. The van der Waals surface area contributed by atoms with E-state index in [1.807, 2.05) is 60.7 Å². The largest absolute Gasteiger partial charge is 0.467 e. The fourth-order valence-corrected chi connectivity index (χ4v) is 5.58. The van der Waals surface area contributed by atoms with Crippen molar-refractivity contribution in [2.45, 2.75) is 117 Å². The second-order valence-corrected chi connectivity index (χ2v) is 15.5. The van der Waals surface area contributed by atoms with Crippen LogP contribution in [0.4, 0.5) is 4.79 Å². The average molecular weight is 783 g/mol. The Morgan fingerprint density at radius 1 is 0.582 bits per heavy atom. The highest BCUT2D eigenvalue weighted by molar-refractivity contribution is 7.80. The summed E-state index contributed by atoms with van der Waals surface area (Å²) in [5, 5.41) is 16.7. The standard InChI is InChI=1S/C40H58N6O8S/c1-23(2)31(36(50)46-32(24(3)4)38(51)53-10)45-35(49)29(21-27-17-13-11-14-18-27)44-37(55)30(22-28-19-15-12-16-20-28)43-34(48)25(5)41-33(47)26(6)42-39(52)54-40(7,8)9/h11-20,23-26,29-32H,21-22H2,1-10H3,(H,41,47)(H,42,52)(H,43,48)(H,44,55)(H,45,49)(H,46,50)/t25-,26-,29-,30-,31-,32-/m0/s1. The first-order valence-electron chi connectivity index (χ1n) is 18.4. The van der Waals surface area contributed by atoms with E-state index in [4.69, 9.17) is 21.7 Å². The third-order valence-corrected chi connectivity index (χ3v) is 8.78. The van der Waals surface area contributed by atoms with Crippen molar-refractivity contribution < 1.29 is 38.2 Å². The number of alkyl carbamates (subject to hydrolysis) is 1. The molecule has 14 nitrogen and oxygen atoms in total. The lowest BCUT2D eigenvalue weighted by atomic mass is 9.98. The molecule has 0 spiro atoms. The minimum absolute atomic E-state index is 0.142. The van der Waals surface area contributed by atoms with E-state index in [-0.39, 0.29) is 29.7 Å². The molecule has 0 aliphatic carbocycles. The summed E-state index contributed by atoms with van der Waals surface area (Å²) in [6, 6.07) is 12.7. The van der Waals surface area contributed by atoms with Gasteiger partial charge < -0.3 is 41.4 Å². The molecule has 0 bridgehead atoms. The molecule has 2 aromatic rings. The molecular formula is C40H58N6O8S. The van der Waals surface area contributed by atoms with Crippen molar-refractivity contribution >= 4 is 52.9 Å². The van der Waals surface area contributed by atoms with E-state index in [0.717, 1.165) is 11.1 Å². The number of methoxy groups -OCH3 is 1. The highest BCUT2D eigenvalue weighted by atomic mass is 32.1. The Morgan fingerprint density at radius 3 is 1.51 bits per heavy atom. The van der Waals surface area contributed by atoms with Crippen molar-refractivity contribution in [1.82, 2.24) is 31.9 Å². The molecule has 0 radical (unpaired) electrons. The Labute approximate surface area is 330 Å². The van der Waals surface area contributed by atoms with Crippen molar-refractivity contribution in [3.05, 3.63) is 71.8 Å².